The Hall–Kier alpha value is -2.13. The van der Waals surface area contributed by atoms with Gasteiger partial charge in [0, 0.05) is 12.0 Å². The molecule has 4 heteroatoms. The second kappa shape index (κ2) is 5.10. The highest BCUT2D eigenvalue weighted by Crippen LogP contribution is 2.34. The Morgan fingerprint density at radius 3 is 2.60 bits per heavy atom. The van der Waals surface area contributed by atoms with E-state index in [1.165, 1.54) is 0 Å². The average Bonchev–Trinajstić information content (AvgIpc) is 2.79. The molecular formula is C16H12ClNO2. The van der Waals surface area contributed by atoms with Crippen molar-refractivity contribution in [3.63, 3.8) is 0 Å². The van der Waals surface area contributed by atoms with Crippen molar-refractivity contribution in [3.05, 3.63) is 64.7 Å². The van der Waals surface area contributed by atoms with Crippen molar-refractivity contribution in [2.75, 3.05) is 5.32 Å². The van der Waals surface area contributed by atoms with Crippen molar-refractivity contribution in [3.8, 4) is 0 Å². The molecule has 0 radical (unpaired) electrons. The van der Waals surface area contributed by atoms with Crippen LogP contribution in [-0.4, -0.2) is 11.7 Å². The summed E-state index contributed by atoms with van der Waals surface area (Å²) < 4.78 is 0. The van der Waals surface area contributed by atoms with Crippen LogP contribution < -0.4 is 5.32 Å². The third kappa shape index (κ3) is 2.21. The van der Waals surface area contributed by atoms with E-state index in [0.29, 0.717) is 16.3 Å². The Bertz CT molecular complexity index is 696. The van der Waals surface area contributed by atoms with Gasteiger partial charge in [0.25, 0.3) is 0 Å². The number of fused-ring (bicyclic) bond motifs is 1. The van der Waals surface area contributed by atoms with E-state index in [1.54, 1.807) is 30.3 Å². The summed E-state index contributed by atoms with van der Waals surface area (Å²) in [7, 11) is 0. The molecule has 0 spiro atoms. The second-order valence-corrected chi connectivity index (χ2v) is 5.14. The van der Waals surface area contributed by atoms with E-state index in [0.717, 1.165) is 5.56 Å². The number of carbonyl (C=O) groups is 2. The molecule has 0 fully saturated rings. The highest BCUT2D eigenvalue weighted by molar-refractivity contribution is 6.33. The largest absolute Gasteiger partial charge is 0.324 e. The van der Waals surface area contributed by atoms with Crippen LogP contribution in [-0.2, 0) is 4.79 Å². The normalized spacial score (nSPS) is 16.9. The highest BCUT2D eigenvalue weighted by atomic mass is 35.5. The molecule has 0 saturated carbocycles. The maximum Gasteiger partial charge on any atom is 0.232 e. The van der Waals surface area contributed by atoms with Gasteiger partial charge in [-0.3, -0.25) is 9.59 Å². The number of amides is 1. The number of rotatable bonds is 2. The van der Waals surface area contributed by atoms with Crippen LogP contribution >= 0.6 is 11.6 Å². The lowest BCUT2D eigenvalue weighted by atomic mass is 10.0. The maximum absolute atomic E-state index is 12.4. The first-order valence-corrected chi connectivity index (χ1v) is 6.72. The van der Waals surface area contributed by atoms with Crippen molar-refractivity contribution in [1.29, 1.82) is 0 Å². The summed E-state index contributed by atoms with van der Waals surface area (Å²) in [6.07, 6.45) is 0.218. The summed E-state index contributed by atoms with van der Waals surface area (Å²) in [5.41, 5.74) is 2.00. The first-order chi connectivity index (χ1) is 9.66. The van der Waals surface area contributed by atoms with Crippen LogP contribution in [0, 0.1) is 0 Å². The number of hydrogen-bond donors (Lipinski definition) is 1. The van der Waals surface area contributed by atoms with Crippen LogP contribution in [0.25, 0.3) is 0 Å². The molecule has 3 rings (SSSR count). The summed E-state index contributed by atoms with van der Waals surface area (Å²) in [5, 5.41) is 3.28. The number of nitrogens with one attached hydrogen (secondary N) is 1. The molecule has 0 saturated heterocycles. The molecule has 0 aromatic heterocycles. The molecule has 1 aliphatic rings. The molecule has 2 aromatic rings. The molecule has 3 nitrogen and oxygen atoms in total. The van der Waals surface area contributed by atoms with Crippen molar-refractivity contribution < 1.29 is 9.59 Å². The minimum absolute atomic E-state index is 0.0138. The maximum atomic E-state index is 12.4. The van der Waals surface area contributed by atoms with Crippen LogP contribution in [0.15, 0.2) is 48.5 Å². The number of ketones is 1. The smallest absolute Gasteiger partial charge is 0.232 e. The van der Waals surface area contributed by atoms with E-state index in [2.05, 4.69) is 5.32 Å². The number of hydrogen-bond acceptors (Lipinski definition) is 2. The fourth-order valence-electron chi connectivity index (χ4n) is 2.48. The summed E-state index contributed by atoms with van der Waals surface area (Å²) in [4.78, 5) is 24.2. The number of para-hydroxylation sites is 1. The first-order valence-electron chi connectivity index (χ1n) is 6.34. The number of carbonyl (C=O) groups excluding carboxylic acids is 2. The second-order valence-electron chi connectivity index (χ2n) is 4.74. The lowest BCUT2D eigenvalue weighted by molar-refractivity contribution is -0.117. The van der Waals surface area contributed by atoms with Gasteiger partial charge in [0.1, 0.15) is 0 Å². The predicted molar refractivity (Wildman–Crippen MR) is 78.2 cm³/mol. The van der Waals surface area contributed by atoms with Crippen molar-refractivity contribution >= 4 is 29.0 Å². The molecule has 1 N–H and O–H groups in total. The minimum Gasteiger partial charge on any atom is -0.324 e. The van der Waals surface area contributed by atoms with E-state index in [4.69, 9.17) is 11.6 Å². The van der Waals surface area contributed by atoms with Crippen molar-refractivity contribution in [2.45, 2.75) is 12.3 Å². The Kier molecular flexibility index (Phi) is 3.28. The van der Waals surface area contributed by atoms with Gasteiger partial charge in [-0.15, -0.1) is 0 Å². The molecule has 0 heterocycles. The van der Waals surface area contributed by atoms with Crippen LogP contribution in [0.1, 0.15) is 28.3 Å². The summed E-state index contributed by atoms with van der Waals surface area (Å²) >= 11 is 6.02. The van der Waals surface area contributed by atoms with E-state index in [1.807, 2.05) is 18.2 Å². The molecule has 1 amide bonds. The van der Waals surface area contributed by atoms with E-state index in [-0.39, 0.29) is 18.1 Å². The van der Waals surface area contributed by atoms with E-state index >= 15 is 0 Å². The lowest BCUT2D eigenvalue weighted by Crippen LogP contribution is -2.19. The molecular weight excluding hydrogens is 274 g/mol. The minimum atomic E-state index is -0.435. The van der Waals surface area contributed by atoms with Crippen molar-refractivity contribution in [2.24, 2.45) is 0 Å². The summed E-state index contributed by atoms with van der Waals surface area (Å²) in [6.45, 7) is 0. The summed E-state index contributed by atoms with van der Waals surface area (Å²) in [6, 6.07) is 14.3. The molecule has 100 valence electrons. The Morgan fingerprint density at radius 2 is 1.80 bits per heavy atom. The average molecular weight is 286 g/mol. The molecule has 1 atom stereocenters. The zero-order chi connectivity index (χ0) is 14.1. The lowest BCUT2D eigenvalue weighted by Gasteiger charge is -2.12. The van der Waals surface area contributed by atoms with Gasteiger partial charge in [-0.2, -0.15) is 0 Å². The van der Waals surface area contributed by atoms with Crippen LogP contribution in [0.4, 0.5) is 5.69 Å². The van der Waals surface area contributed by atoms with Crippen molar-refractivity contribution in [1.82, 2.24) is 0 Å². The Labute approximate surface area is 121 Å². The zero-order valence-electron chi connectivity index (χ0n) is 10.6. The first kappa shape index (κ1) is 12.9. The van der Waals surface area contributed by atoms with Gasteiger partial charge < -0.3 is 5.32 Å². The molecule has 1 aliphatic carbocycles. The highest BCUT2D eigenvalue weighted by Gasteiger charge is 2.33. The molecule has 0 unspecified atom stereocenters. The monoisotopic (exact) mass is 285 g/mol. The van der Waals surface area contributed by atoms with E-state index < -0.39 is 5.92 Å². The zero-order valence-corrected chi connectivity index (χ0v) is 11.4. The van der Waals surface area contributed by atoms with Crippen LogP contribution in [0.5, 0.6) is 0 Å². The van der Waals surface area contributed by atoms with Crippen LogP contribution in [0.3, 0.4) is 0 Å². The Morgan fingerprint density at radius 1 is 1.10 bits per heavy atom. The third-order valence-electron chi connectivity index (χ3n) is 3.47. The quantitative estimate of drug-likeness (QED) is 0.915. The molecule has 20 heavy (non-hydrogen) atoms. The van der Waals surface area contributed by atoms with Gasteiger partial charge in [0.2, 0.25) is 5.91 Å². The van der Waals surface area contributed by atoms with Gasteiger partial charge in [-0.25, -0.2) is 0 Å². The van der Waals surface area contributed by atoms with Crippen LogP contribution in [0.2, 0.25) is 5.02 Å². The summed E-state index contributed by atoms with van der Waals surface area (Å²) in [5.74, 6) is -0.619. The van der Waals surface area contributed by atoms with E-state index in [9.17, 15) is 9.59 Å². The van der Waals surface area contributed by atoms with Gasteiger partial charge in [0.05, 0.1) is 16.6 Å². The van der Waals surface area contributed by atoms with Gasteiger partial charge >= 0.3 is 0 Å². The third-order valence-corrected chi connectivity index (χ3v) is 3.80. The van der Waals surface area contributed by atoms with Gasteiger partial charge in [-0.1, -0.05) is 48.0 Å². The fourth-order valence-corrected chi connectivity index (χ4v) is 2.66. The fraction of sp³-hybridized carbons (Fsp3) is 0.125. The number of Topliss-reactive ketones (excluding diaryl/α,β-unsaturated/α-hetero) is 1. The van der Waals surface area contributed by atoms with Gasteiger partial charge in [-0.05, 0) is 17.7 Å². The molecule has 0 bridgehead atoms. The molecule has 2 aromatic carbocycles. The standard InChI is InChI=1S/C16H12ClNO2/c17-13-7-3-4-8-14(13)18-16(20)12-9-15(19)11-6-2-1-5-10(11)12/h1-8,12H,9H2,(H,18,20)/t12-/m1/s1. The predicted octanol–water partition coefficient (Wildman–Crippen LogP) is 3.65. The molecule has 0 aliphatic heterocycles. The Balaban J connectivity index is 1.86. The van der Waals surface area contributed by atoms with Gasteiger partial charge in [0.15, 0.2) is 5.78 Å². The SMILES string of the molecule is O=C1C[C@@H](C(=O)Nc2ccccc2Cl)c2ccccc21. The number of anilines is 1. The number of halogens is 1. The topological polar surface area (TPSA) is 46.2 Å². The number of benzene rings is 2.